The molecule has 2 N–H and O–H groups in total. The summed E-state index contributed by atoms with van der Waals surface area (Å²) in [7, 11) is 1.58. The van der Waals surface area contributed by atoms with Gasteiger partial charge in [-0.05, 0) is 42.3 Å². The number of benzene rings is 2. The number of ether oxygens (including phenoxy) is 1. The van der Waals surface area contributed by atoms with Crippen LogP contribution in [0.2, 0.25) is 0 Å². The van der Waals surface area contributed by atoms with Crippen molar-refractivity contribution in [3.8, 4) is 5.75 Å². The zero-order valence-corrected chi connectivity index (χ0v) is 14.7. The summed E-state index contributed by atoms with van der Waals surface area (Å²) >= 11 is 0. The molecular weight excluding hydrogens is 328 g/mol. The molecule has 0 radical (unpaired) electrons. The maximum Gasteiger partial charge on any atom is 0.255 e. The molecule has 0 fully saturated rings. The number of carbonyl (C=O) groups excluding carboxylic acids is 2. The average Bonchev–Trinajstić information content (AvgIpc) is 2.91. The zero-order valence-electron chi connectivity index (χ0n) is 14.7. The van der Waals surface area contributed by atoms with Gasteiger partial charge in [-0.2, -0.15) is 0 Å². The lowest BCUT2D eigenvalue weighted by Crippen LogP contribution is -2.15. The molecule has 0 bridgehead atoms. The van der Waals surface area contributed by atoms with Crippen LogP contribution in [0.3, 0.4) is 0 Å². The normalized spacial score (nSPS) is 11.2. The maximum atomic E-state index is 12.8. The quantitative estimate of drug-likeness (QED) is 0.719. The molecule has 0 saturated heterocycles. The van der Waals surface area contributed by atoms with Gasteiger partial charge in [0.2, 0.25) is 5.91 Å². The minimum Gasteiger partial charge on any atom is -0.497 e. The second-order valence-electron chi connectivity index (χ2n) is 6.01. The molecule has 1 aromatic heterocycles. The summed E-state index contributed by atoms with van der Waals surface area (Å²) in [5.41, 5.74) is 8.51. The monoisotopic (exact) mass is 348 g/mol. The first-order valence-electron chi connectivity index (χ1n) is 8.25. The maximum absolute atomic E-state index is 12.8. The minimum absolute atomic E-state index is 0.0676. The fourth-order valence-electron chi connectivity index (χ4n) is 3.08. The number of fused-ring (bicyclic) bond motifs is 1. The van der Waals surface area contributed by atoms with Crippen LogP contribution < -0.4 is 10.5 Å². The van der Waals surface area contributed by atoms with Crippen molar-refractivity contribution in [3.05, 3.63) is 71.4 Å². The molecule has 0 aliphatic carbocycles. The van der Waals surface area contributed by atoms with Crippen LogP contribution in [0.5, 0.6) is 5.75 Å². The Bertz CT molecular complexity index is 1000. The Hall–Kier alpha value is -3.34. The minimum atomic E-state index is -0.442. The standard InChI is InChI=1S/C21H20N2O3/c1-14-17(13-20(22)24)18-12-16(26-2)9-10-19(18)23(14)21(25)11-8-15-6-4-3-5-7-15/h3-12H,13H2,1-2H3,(H2,22,24). The molecule has 0 spiro atoms. The first kappa shape index (κ1) is 17.5. The van der Waals surface area contributed by atoms with Gasteiger partial charge < -0.3 is 10.5 Å². The third kappa shape index (κ3) is 3.37. The van der Waals surface area contributed by atoms with E-state index in [9.17, 15) is 9.59 Å². The molecule has 0 atom stereocenters. The first-order chi connectivity index (χ1) is 12.5. The molecule has 26 heavy (non-hydrogen) atoms. The van der Waals surface area contributed by atoms with Gasteiger partial charge in [0.1, 0.15) is 5.75 Å². The highest BCUT2D eigenvalue weighted by atomic mass is 16.5. The van der Waals surface area contributed by atoms with E-state index in [1.807, 2.05) is 49.4 Å². The van der Waals surface area contributed by atoms with Crippen molar-refractivity contribution in [2.75, 3.05) is 7.11 Å². The number of hydrogen-bond donors (Lipinski definition) is 1. The lowest BCUT2D eigenvalue weighted by atomic mass is 10.1. The van der Waals surface area contributed by atoms with Crippen molar-refractivity contribution in [1.82, 2.24) is 4.57 Å². The summed E-state index contributed by atoms with van der Waals surface area (Å²) in [5.74, 6) is 0.0344. The van der Waals surface area contributed by atoms with Crippen LogP contribution >= 0.6 is 0 Å². The topological polar surface area (TPSA) is 74.3 Å². The molecule has 0 unspecified atom stereocenters. The van der Waals surface area contributed by atoms with Gasteiger partial charge in [-0.25, -0.2) is 0 Å². The highest BCUT2D eigenvalue weighted by Gasteiger charge is 2.19. The Morgan fingerprint density at radius 2 is 1.88 bits per heavy atom. The van der Waals surface area contributed by atoms with Crippen LogP contribution in [-0.4, -0.2) is 23.5 Å². The number of methoxy groups -OCH3 is 1. The lowest BCUT2D eigenvalue weighted by Gasteiger charge is -2.04. The van der Waals surface area contributed by atoms with Crippen molar-refractivity contribution >= 4 is 28.8 Å². The summed E-state index contributed by atoms with van der Waals surface area (Å²) in [6.07, 6.45) is 3.36. The number of aromatic nitrogens is 1. The van der Waals surface area contributed by atoms with E-state index in [0.29, 0.717) is 11.4 Å². The largest absolute Gasteiger partial charge is 0.497 e. The number of nitrogens with zero attached hydrogens (tertiary/aromatic N) is 1. The van der Waals surface area contributed by atoms with Gasteiger partial charge in [-0.3, -0.25) is 14.2 Å². The predicted molar refractivity (Wildman–Crippen MR) is 102 cm³/mol. The van der Waals surface area contributed by atoms with Gasteiger partial charge in [0.25, 0.3) is 5.91 Å². The highest BCUT2D eigenvalue weighted by molar-refractivity contribution is 6.03. The summed E-state index contributed by atoms with van der Waals surface area (Å²) in [4.78, 5) is 24.3. The molecule has 0 aliphatic heterocycles. The van der Waals surface area contributed by atoms with Gasteiger partial charge in [-0.1, -0.05) is 30.3 Å². The van der Waals surface area contributed by atoms with Crippen LogP contribution in [0.1, 0.15) is 21.6 Å². The van der Waals surface area contributed by atoms with Crippen molar-refractivity contribution in [2.45, 2.75) is 13.3 Å². The predicted octanol–water partition coefficient (Wildman–Crippen LogP) is 3.34. The summed E-state index contributed by atoms with van der Waals surface area (Å²) in [6.45, 7) is 1.82. The molecule has 0 saturated carbocycles. The van der Waals surface area contributed by atoms with Gasteiger partial charge in [0, 0.05) is 17.2 Å². The molecule has 1 heterocycles. The fourth-order valence-corrected chi connectivity index (χ4v) is 3.08. The van der Waals surface area contributed by atoms with Gasteiger partial charge in [-0.15, -0.1) is 0 Å². The number of allylic oxidation sites excluding steroid dienone is 1. The van der Waals surface area contributed by atoms with Crippen LogP contribution in [0.25, 0.3) is 17.0 Å². The van der Waals surface area contributed by atoms with Gasteiger partial charge in [0.05, 0.1) is 19.0 Å². The highest BCUT2D eigenvalue weighted by Crippen LogP contribution is 2.30. The lowest BCUT2D eigenvalue weighted by molar-refractivity contribution is -0.117. The smallest absolute Gasteiger partial charge is 0.255 e. The van der Waals surface area contributed by atoms with Crippen molar-refractivity contribution < 1.29 is 14.3 Å². The average molecular weight is 348 g/mol. The SMILES string of the molecule is COc1ccc2c(c1)c(CC(N)=O)c(C)n2C(=O)C=Cc1ccccc1. The third-order valence-electron chi connectivity index (χ3n) is 4.33. The molecular formula is C21H20N2O3. The fraction of sp³-hybridized carbons (Fsp3) is 0.143. The van der Waals surface area contributed by atoms with Crippen molar-refractivity contribution in [2.24, 2.45) is 5.73 Å². The molecule has 5 nitrogen and oxygen atoms in total. The number of carbonyl (C=O) groups is 2. The van der Waals surface area contributed by atoms with Crippen LogP contribution in [0.15, 0.2) is 54.6 Å². The molecule has 0 aliphatic rings. The Balaban J connectivity index is 2.10. The molecule has 1 amide bonds. The van der Waals surface area contributed by atoms with E-state index in [1.165, 1.54) is 6.08 Å². The van der Waals surface area contributed by atoms with Crippen LogP contribution in [-0.2, 0) is 11.2 Å². The summed E-state index contributed by atoms with van der Waals surface area (Å²) in [6, 6.07) is 15.0. The summed E-state index contributed by atoms with van der Waals surface area (Å²) in [5, 5.41) is 0.794. The number of hydrogen-bond acceptors (Lipinski definition) is 3. The first-order valence-corrected chi connectivity index (χ1v) is 8.25. The number of nitrogens with two attached hydrogens (primary N) is 1. The van der Waals surface area contributed by atoms with E-state index in [0.717, 1.165) is 22.0 Å². The van der Waals surface area contributed by atoms with E-state index in [2.05, 4.69) is 0 Å². The summed E-state index contributed by atoms with van der Waals surface area (Å²) < 4.78 is 6.88. The van der Waals surface area contributed by atoms with E-state index in [4.69, 9.17) is 10.5 Å². The van der Waals surface area contributed by atoms with Crippen LogP contribution in [0, 0.1) is 6.92 Å². The van der Waals surface area contributed by atoms with E-state index < -0.39 is 5.91 Å². The van der Waals surface area contributed by atoms with Crippen LogP contribution in [0.4, 0.5) is 0 Å². The number of amides is 1. The molecule has 5 heteroatoms. The Morgan fingerprint density at radius 3 is 2.54 bits per heavy atom. The second kappa shape index (κ2) is 7.27. The zero-order chi connectivity index (χ0) is 18.7. The van der Waals surface area contributed by atoms with Gasteiger partial charge in [0.15, 0.2) is 0 Å². The number of rotatable bonds is 5. The Labute approximate surface area is 151 Å². The van der Waals surface area contributed by atoms with Crippen molar-refractivity contribution in [3.63, 3.8) is 0 Å². The Morgan fingerprint density at radius 1 is 1.15 bits per heavy atom. The van der Waals surface area contributed by atoms with E-state index >= 15 is 0 Å². The molecule has 2 aromatic carbocycles. The van der Waals surface area contributed by atoms with E-state index in [1.54, 1.807) is 23.8 Å². The third-order valence-corrected chi connectivity index (χ3v) is 4.33. The molecule has 3 rings (SSSR count). The Kier molecular flexibility index (Phi) is 4.89. The van der Waals surface area contributed by atoms with E-state index in [-0.39, 0.29) is 12.3 Å². The number of primary amides is 1. The molecule has 132 valence electrons. The van der Waals surface area contributed by atoms with Crippen molar-refractivity contribution in [1.29, 1.82) is 0 Å². The second-order valence-corrected chi connectivity index (χ2v) is 6.01. The van der Waals surface area contributed by atoms with Gasteiger partial charge >= 0.3 is 0 Å². The molecule has 3 aromatic rings.